The second-order valence-electron chi connectivity index (χ2n) is 10.4. The number of benzene rings is 3. The highest BCUT2D eigenvalue weighted by Gasteiger charge is 2.64. The summed E-state index contributed by atoms with van der Waals surface area (Å²) >= 11 is 0. The normalized spacial score (nSPS) is 22.5. The van der Waals surface area contributed by atoms with E-state index in [1.165, 1.54) is 92.7 Å². The van der Waals surface area contributed by atoms with E-state index in [9.17, 15) is 8.42 Å². The van der Waals surface area contributed by atoms with Crippen molar-refractivity contribution in [3.8, 4) is 11.5 Å². The zero-order valence-electron chi connectivity index (χ0n) is 24.1. The third-order valence-electron chi connectivity index (χ3n) is 7.29. The molecule has 42 heavy (non-hydrogen) atoms. The number of anilines is 2. The molecule has 3 aromatic carbocycles. The van der Waals surface area contributed by atoms with Gasteiger partial charge >= 0.3 is 0 Å². The quantitative estimate of drug-likeness (QED) is 0.312. The van der Waals surface area contributed by atoms with Crippen molar-refractivity contribution >= 4 is 21.4 Å². The molecule has 0 spiro atoms. The number of alkyl halides is 3. The summed E-state index contributed by atoms with van der Waals surface area (Å²) in [5.41, 5.74) is -8.66. The lowest BCUT2D eigenvalue weighted by Gasteiger charge is -2.44. The Labute approximate surface area is 243 Å². The van der Waals surface area contributed by atoms with Crippen LogP contribution in [0.5, 0.6) is 11.5 Å². The molecule has 3 atom stereocenters. The van der Waals surface area contributed by atoms with Gasteiger partial charge in [0.05, 0.1) is 24.8 Å². The maximum atomic E-state index is 17.5. The van der Waals surface area contributed by atoms with Crippen molar-refractivity contribution in [2.45, 2.75) is 28.8 Å². The number of ether oxygens (including phenoxy) is 2. The zero-order chi connectivity index (χ0) is 31.0. The molecule has 0 heterocycles. The number of methoxy groups -OCH3 is 2. The highest BCUT2D eigenvalue weighted by molar-refractivity contribution is 7.89. The Balaban J connectivity index is 2.03. The van der Waals surface area contributed by atoms with Crippen molar-refractivity contribution in [1.29, 1.82) is 0 Å². The molecule has 0 saturated carbocycles. The fraction of sp³-hybridized carbons (Fsp3) is 0.333. The summed E-state index contributed by atoms with van der Waals surface area (Å²) in [6.45, 7) is 0. The molecule has 3 aromatic rings. The molecule has 3 unspecified atom stereocenters. The smallest absolute Gasteiger partial charge is 0.261 e. The molecular weight excluding hydrogens is 574 g/mol. The molecule has 7 nitrogen and oxygen atoms in total. The summed E-state index contributed by atoms with van der Waals surface area (Å²) in [6.07, 6.45) is -4.28. The van der Waals surface area contributed by atoms with E-state index < -0.39 is 51.0 Å². The molecule has 1 aliphatic carbocycles. The molecule has 0 radical (unpaired) electrons. The van der Waals surface area contributed by atoms with Gasteiger partial charge in [0.1, 0.15) is 11.5 Å². The number of halogens is 4. The standard InChI is InChI=1S/C30H33F4N3O4S/c1-36(2)25-16-19(40-5)12-14-22(25)29(33)18-24(35-42(38,39)21-10-8-7-9-11-21)27(31)30(34,28(29)32)23-15-13-20(41-6)17-26(23)37(3)4/h7-17,28,35H,18H2,1-6H3. The van der Waals surface area contributed by atoms with Crippen LogP contribution in [0, 0.1) is 0 Å². The lowest BCUT2D eigenvalue weighted by Crippen LogP contribution is -2.52. The van der Waals surface area contributed by atoms with Gasteiger partial charge in [-0.15, -0.1) is 0 Å². The molecule has 0 amide bonds. The summed E-state index contributed by atoms with van der Waals surface area (Å²) in [4.78, 5) is 2.62. The summed E-state index contributed by atoms with van der Waals surface area (Å²) < 4.78 is 107. The van der Waals surface area contributed by atoms with E-state index in [0.29, 0.717) is 5.75 Å². The minimum Gasteiger partial charge on any atom is -0.497 e. The van der Waals surface area contributed by atoms with Crippen molar-refractivity contribution in [3.63, 3.8) is 0 Å². The Morgan fingerprint density at radius 3 is 1.83 bits per heavy atom. The molecule has 4 rings (SSSR count). The Kier molecular flexibility index (Phi) is 8.41. The topological polar surface area (TPSA) is 71.1 Å². The molecule has 12 heteroatoms. The summed E-state index contributed by atoms with van der Waals surface area (Å²) in [5.74, 6) is -1.19. The Hall–Kier alpha value is -3.93. The van der Waals surface area contributed by atoms with E-state index in [4.69, 9.17) is 9.47 Å². The highest BCUT2D eigenvalue weighted by Crippen LogP contribution is 2.58. The SMILES string of the molecule is COc1ccc(C2(F)CC(NS(=O)(=O)c3ccccc3)=C(F)C(F)(c3ccc(OC)cc3N(C)C)C2F)c(N(C)C)c1. The van der Waals surface area contributed by atoms with Crippen LogP contribution in [0.2, 0.25) is 0 Å². The van der Waals surface area contributed by atoms with Crippen molar-refractivity contribution in [2.75, 3.05) is 52.2 Å². The number of allylic oxidation sites excluding steroid dienone is 2. The van der Waals surface area contributed by atoms with Crippen LogP contribution in [0.4, 0.5) is 28.9 Å². The zero-order valence-corrected chi connectivity index (χ0v) is 24.9. The second-order valence-corrected chi connectivity index (χ2v) is 12.1. The molecule has 0 fully saturated rings. The third kappa shape index (κ3) is 5.23. The van der Waals surface area contributed by atoms with Crippen molar-refractivity contribution in [1.82, 2.24) is 4.72 Å². The highest BCUT2D eigenvalue weighted by atomic mass is 32.2. The number of sulfonamides is 1. The number of hydrogen-bond acceptors (Lipinski definition) is 6. The van der Waals surface area contributed by atoms with Crippen molar-refractivity contribution < 1.29 is 35.5 Å². The number of nitrogens with zero attached hydrogens (tertiary/aromatic N) is 2. The Bertz CT molecular complexity index is 1600. The lowest BCUT2D eigenvalue weighted by molar-refractivity contribution is -0.0697. The van der Waals surface area contributed by atoms with Crippen LogP contribution in [-0.2, 0) is 21.4 Å². The van der Waals surface area contributed by atoms with Crippen LogP contribution < -0.4 is 24.0 Å². The Morgan fingerprint density at radius 1 is 0.833 bits per heavy atom. The average molecular weight is 608 g/mol. The van der Waals surface area contributed by atoms with Gasteiger partial charge in [-0.05, 0) is 36.4 Å². The first-order valence-corrected chi connectivity index (χ1v) is 14.4. The third-order valence-corrected chi connectivity index (χ3v) is 8.70. The molecule has 0 aliphatic heterocycles. The van der Waals surface area contributed by atoms with E-state index in [2.05, 4.69) is 0 Å². The van der Waals surface area contributed by atoms with Crippen LogP contribution in [0.15, 0.2) is 83.1 Å². The van der Waals surface area contributed by atoms with Gasteiger partial charge in [0.2, 0.25) is 5.67 Å². The van der Waals surface area contributed by atoms with Crippen LogP contribution in [-0.4, -0.2) is 57.0 Å². The molecule has 0 bridgehead atoms. The van der Waals surface area contributed by atoms with Gasteiger partial charge in [-0.2, -0.15) is 0 Å². The molecule has 0 saturated heterocycles. The summed E-state index contributed by atoms with van der Waals surface area (Å²) in [7, 11) is 4.44. The van der Waals surface area contributed by atoms with Crippen LogP contribution in [0.25, 0.3) is 0 Å². The fourth-order valence-electron chi connectivity index (χ4n) is 5.13. The predicted octanol–water partition coefficient (Wildman–Crippen LogP) is 5.77. The van der Waals surface area contributed by atoms with Gasteiger partial charge < -0.3 is 19.3 Å². The van der Waals surface area contributed by atoms with Gasteiger partial charge in [-0.3, -0.25) is 4.72 Å². The number of hydrogen-bond donors (Lipinski definition) is 1. The molecular formula is C30H33F4N3O4S. The number of nitrogens with one attached hydrogen (secondary N) is 1. The Morgan fingerprint density at radius 2 is 1.33 bits per heavy atom. The van der Waals surface area contributed by atoms with E-state index in [1.807, 2.05) is 4.72 Å². The summed E-state index contributed by atoms with van der Waals surface area (Å²) in [6, 6.07) is 14.7. The fourth-order valence-corrected chi connectivity index (χ4v) is 6.25. The minimum absolute atomic E-state index is 0.00623. The first-order valence-electron chi connectivity index (χ1n) is 12.9. The van der Waals surface area contributed by atoms with E-state index in [0.717, 1.165) is 6.07 Å². The van der Waals surface area contributed by atoms with Crippen LogP contribution in [0.1, 0.15) is 17.5 Å². The van der Waals surface area contributed by atoms with Gasteiger partial charge in [0.25, 0.3) is 10.0 Å². The molecule has 1 N–H and O–H groups in total. The monoisotopic (exact) mass is 607 g/mol. The molecule has 226 valence electrons. The molecule has 1 aliphatic rings. The largest absolute Gasteiger partial charge is 0.497 e. The molecule has 0 aromatic heterocycles. The van der Waals surface area contributed by atoms with E-state index in [1.54, 1.807) is 20.2 Å². The maximum absolute atomic E-state index is 17.5. The van der Waals surface area contributed by atoms with Crippen molar-refractivity contribution in [2.24, 2.45) is 0 Å². The minimum atomic E-state index is -4.51. The van der Waals surface area contributed by atoms with Gasteiger partial charge in [-0.1, -0.05) is 18.2 Å². The van der Waals surface area contributed by atoms with Gasteiger partial charge in [-0.25, -0.2) is 26.0 Å². The van der Waals surface area contributed by atoms with Crippen LogP contribution >= 0.6 is 0 Å². The van der Waals surface area contributed by atoms with Crippen LogP contribution in [0.3, 0.4) is 0 Å². The van der Waals surface area contributed by atoms with E-state index >= 15 is 17.6 Å². The average Bonchev–Trinajstić information content (AvgIpc) is 2.98. The maximum Gasteiger partial charge on any atom is 0.261 e. The van der Waals surface area contributed by atoms with E-state index in [-0.39, 0.29) is 27.6 Å². The predicted molar refractivity (Wildman–Crippen MR) is 155 cm³/mol. The van der Waals surface area contributed by atoms with Gasteiger partial charge in [0, 0.05) is 69.2 Å². The number of rotatable bonds is 9. The first kappa shape index (κ1) is 31.0. The second kappa shape index (κ2) is 11.4. The van der Waals surface area contributed by atoms with Gasteiger partial charge in [0.15, 0.2) is 17.7 Å². The van der Waals surface area contributed by atoms with Crippen molar-refractivity contribution in [3.05, 3.63) is 89.4 Å². The summed E-state index contributed by atoms with van der Waals surface area (Å²) in [5, 5.41) is 0. The first-order chi connectivity index (χ1) is 19.7. The lowest BCUT2D eigenvalue weighted by atomic mass is 9.70.